The minimum atomic E-state index is -0.681. The molecule has 4 heteroatoms. The third-order valence-electron chi connectivity index (χ3n) is 4.26. The number of halogens is 1. The molecule has 3 atom stereocenters. The maximum absolute atomic E-state index is 13.8. The number of phenolic OH excluding ortho intramolecular Hbond substituents is 1. The smallest absolute Gasteiger partial charge is 0.131 e. The van der Waals surface area contributed by atoms with E-state index in [9.17, 15) is 14.6 Å². The van der Waals surface area contributed by atoms with E-state index in [2.05, 4.69) is 12.2 Å². The van der Waals surface area contributed by atoms with E-state index in [0.717, 1.165) is 25.3 Å². The molecule has 0 amide bonds. The van der Waals surface area contributed by atoms with Crippen LogP contribution in [0.4, 0.5) is 4.39 Å². The zero-order valence-corrected chi connectivity index (χ0v) is 12.2. The second-order valence-corrected chi connectivity index (χ2v) is 6.23. The molecule has 3 nitrogen and oxygen atoms in total. The number of aliphatic hydroxyl groups is 1. The molecule has 0 radical (unpaired) electrons. The molecular formula is C16H24FNO2. The molecule has 2 rings (SSSR count). The lowest BCUT2D eigenvalue weighted by Crippen LogP contribution is -2.44. The van der Waals surface area contributed by atoms with Crippen molar-refractivity contribution in [1.82, 2.24) is 5.32 Å². The average molecular weight is 281 g/mol. The second kappa shape index (κ2) is 6.10. The number of nitrogens with one attached hydrogen (secondary N) is 1. The number of aromatic hydroxyl groups is 1. The van der Waals surface area contributed by atoms with Crippen LogP contribution in [0.2, 0.25) is 0 Å². The SMILES string of the molecule is CC1CCCC(O)(CNC(C)c2ccc(O)cc2F)C1. The molecule has 1 aromatic rings. The Morgan fingerprint density at radius 3 is 2.90 bits per heavy atom. The second-order valence-electron chi connectivity index (χ2n) is 6.23. The van der Waals surface area contributed by atoms with Gasteiger partial charge in [-0.3, -0.25) is 0 Å². The Morgan fingerprint density at radius 2 is 2.25 bits per heavy atom. The fourth-order valence-electron chi connectivity index (χ4n) is 3.11. The Labute approximate surface area is 119 Å². The molecule has 0 heterocycles. The van der Waals surface area contributed by atoms with Gasteiger partial charge in [-0.05, 0) is 31.7 Å². The maximum Gasteiger partial charge on any atom is 0.131 e. The lowest BCUT2D eigenvalue weighted by Gasteiger charge is -2.36. The summed E-state index contributed by atoms with van der Waals surface area (Å²) >= 11 is 0. The van der Waals surface area contributed by atoms with Gasteiger partial charge in [0.1, 0.15) is 11.6 Å². The van der Waals surface area contributed by atoms with Crippen molar-refractivity contribution in [3.05, 3.63) is 29.6 Å². The summed E-state index contributed by atoms with van der Waals surface area (Å²) in [6, 6.07) is 3.98. The van der Waals surface area contributed by atoms with Crippen LogP contribution >= 0.6 is 0 Å². The highest BCUT2D eigenvalue weighted by atomic mass is 19.1. The summed E-state index contributed by atoms with van der Waals surface area (Å²) in [5.41, 5.74) is -0.172. The fraction of sp³-hybridized carbons (Fsp3) is 0.625. The van der Waals surface area contributed by atoms with Gasteiger partial charge >= 0.3 is 0 Å². The molecule has 0 saturated heterocycles. The van der Waals surface area contributed by atoms with Crippen LogP contribution in [0.5, 0.6) is 5.75 Å². The first-order valence-electron chi connectivity index (χ1n) is 7.34. The molecule has 0 spiro atoms. The van der Waals surface area contributed by atoms with Gasteiger partial charge < -0.3 is 15.5 Å². The normalized spacial score (nSPS) is 28.3. The Bertz CT molecular complexity index is 466. The molecule has 1 aliphatic rings. The Balaban J connectivity index is 1.96. The first-order valence-corrected chi connectivity index (χ1v) is 7.34. The van der Waals surface area contributed by atoms with Gasteiger partial charge in [0.25, 0.3) is 0 Å². The first kappa shape index (κ1) is 15.3. The molecule has 0 aromatic heterocycles. The summed E-state index contributed by atoms with van der Waals surface area (Å²) in [4.78, 5) is 0. The zero-order valence-electron chi connectivity index (χ0n) is 12.2. The molecule has 3 unspecified atom stereocenters. The number of rotatable bonds is 4. The maximum atomic E-state index is 13.8. The van der Waals surface area contributed by atoms with Crippen molar-refractivity contribution >= 4 is 0 Å². The molecular weight excluding hydrogens is 257 g/mol. The molecule has 1 aromatic carbocycles. The van der Waals surface area contributed by atoms with Crippen LogP contribution < -0.4 is 5.32 Å². The molecule has 3 N–H and O–H groups in total. The molecule has 0 aliphatic heterocycles. The van der Waals surface area contributed by atoms with Crippen LogP contribution in [0.15, 0.2) is 18.2 Å². The van der Waals surface area contributed by atoms with Crippen molar-refractivity contribution in [2.24, 2.45) is 5.92 Å². The van der Waals surface area contributed by atoms with Crippen LogP contribution in [0.25, 0.3) is 0 Å². The summed E-state index contributed by atoms with van der Waals surface area (Å²) in [6.45, 7) is 4.50. The Morgan fingerprint density at radius 1 is 1.50 bits per heavy atom. The van der Waals surface area contributed by atoms with E-state index in [1.54, 1.807) is 6.07 Å². The van der Waals surface area contributed by atoms with Gasteiger partial charge in [0.15, 0.2) is 0 Å². The van der Waals surface area contributed by atoms with Crippen molar-refractivity contribution < 1.29 is 14.6 Å². The van der Waals surface area contributed by atoms with E-state index >= 15 is 0 Å². The largest absolute Gasteiger partial charge is 0.508 e. The van der Waals surface area contributed by atoms with Gasteiger partial charge in [0.2, 0.25) is 0 Å². The number of phenols is 1. The summed E-state index contributed by atoms with van der Waals surface area (Å²) < 4.78 is 13.8. The number of hydrogen-bond donors (Lipinski definition) is 3. The minimum Gasteiger partial charge on any atom is -0.508 e. The van der Waals surface area contributed by atoms with Crippen molar-refractivity contribution in [3.63, 3.8) is 0 Å². The van der Waals surface area contributed by atoms with Gasteiger partial charge in [-0.25, -0.2) is 4.39 Å². The molecule has 1 fully saturated rings. The first-order chi connectivity index (χ1) is 9.39. The third-order valence-corrected chi connectivity index (χ3v) is 4.26. The summed E-state index contributed by atoms with van der Waals surface area (Å²) in [5.74, 6) is 0.0449. The highest BCUT2D eigenvalue weighted by Crippen LogP contribution is 2.32. The van der Waals surface area contributed by atoms with Crippen molar-refractivity contribution in [2.75, 3.05) is 6.54 Å². The van der Waals surface area contributed by atoms with Crippen LogP contribution in [0.3, 0.4) is 0 Å². The van der Waals surface area contributed by atoms with Crippen molar-refractivity contribution in [2.45, 2.75) is 51.2 Å². The van der Waals surface area contributed by atoms with E-state index in [4.69, 9.17) is 0 Å². The summed E-state index contributed by atoms with van der Waals surface area (Å²) in [5, 5.41) is 23.0. The van der Waals surface area contributed by atoms with Crippen LogP contribution in [-0.4, -0.2) is 22.4 Å². The minimum absolute atomic E-state index is 0.0711. The van der Waals surface area contributed by atoms with E-state index < -0.39 is 11.4 Å². The van der Waals surface area contributed by atoms with Gasteiger partial charge in [-0.15, -0.1) is 0 Å². The van der Waals surface area contributed by atoms with Gasteiger partial charge in [-0.1, -0.05) is 25.8 Å². The monoisotopic (exact) mass is 281 g/mol. The Kier molecular flexibility index (Phi) is 4.66. The quantitative estimate of drug-likeness (QED) is 0.795. The van der Waals surface area contributed by atoms with Gasteiger partial charge in [0, 0.05) is 24.2 Å². The predicted molar refractivity (Wildman–Crippen MR) is 77.1 cm³/mol. The molecule has 1 saturated carbocycles. The van der Waals surface area contributed by atoms with Gasteiger partial charge in [0.05, 0.1) is 5.60 Å². The van der Waals surface area contributed by atoms with Gasteiger partial charge in [-0.2, -0.15) is 0 Å². The predicted octanol–water partition coefficient (Wildman–Crippen LogP) is 3.12. The number of hydrogen-bond acceptors (Lipinski definition) is 3. The van der Waals surface area contributed by atoms with Crippen molar-refractivity contribution in [3.8, 4) is 5.75 Å². The standard InChI is InChI=1S/C16H24FNO2/c1-11-4-3-7-16(20,9-11)10-18-12(2)14-6-5-13(19)8-15(14)17/h5-6,8,11-12,18-20H,3-4,7,9-10H2,1-2H3. The van der Waals surface area contributed by atoms with Crippen LogP contribution in [-0.2, 0) is 0 Å². The zero-order chi connectivity index (χ0) is 14.8. The third kappa shape index (κ3) is 3.70. The average Bonchev–Trinajstić information content (AvgIpc) is 2.36. The highest BCUT2D eigenvalue weighted by molar-refractivity contribution is 5.29. The highest BCUT2D eigenvalue weighted by Gasteiger charge is 2.32. The Hall–Kier alpha value is -1.13. The van der Waals surface area contributed by atoms with E-state index in [1.165, 1.54) is 12.5 Å². The molecule has 0 bridgehead atoms. The molecule has 20 heavy (non-hydrogen) atoms. The van der Waals surface area contributed by atoms with Crippen molar-refractivity contribution in [1.29, 1.82) is 0 Å². The summed E-state index contributed by atoms with van der Waals surface area (Å²) in [6.07, 6.45) is 3.81. The summed E-state index contributed by atoms with van der Waals surface area (Å²) in [7, 11) is 0. The van der Waals surface area contributed by atoms with Crippen LogP contribution in [0.1, 0.15) is 51.1 Å². The molecule has 112 valence electrons. The topological polar surface area (TPSA) is 52.5 Å². The van der Waals surface area contributed by atoms with E-state index in [0.29, 0.717) is 18.0 Å². The molecule has 1 aliphatic carbocycles. The van der Waals surface area contributed by atoms with Crippen LogP contribution in [0, 0.1) is 11.7 Å². The fourth-order valence-corrected chi connectivity index (χ4v) is 3.11. The van der Waals surface area contributed by atoms with E-state index in [-0.39, 0.29) is 11.8 Å². The van der Waals surface area contributed by atoms with E-state index in [1.807, 2.05) is 6.92 Å². The lowest BCUT2D eigenvalue weighted by atomic mass is 9.79. The number of benzene rings is 1. The lowest BCUT2D eigenvalue weighted by molar-refractivity contribution is -0.0135.